The fourth-order valence-corrected chi connectivity index (χ4v) is 3.09. The number of pyridine rings is 1. The van der Waals surface area contributed by atoms with Crippen molar-refractivity contribution in [1.82, 2.24) is 4.98 Å². The van der Waals surface area contributed by atoms with Crippen LogP contribution in [0.1, 0.15) is 15.9 Å². The van der Waals surface area contributed by atoms with Gasteiger partial charge in [-0.15, -0.1) is 0 Å². The second-order valence-electron chi connectivity index (χ2n) is 6.58. The molecule has 4 nitrogen and oxygen atoms in total. The lowest BCUT2D eigenvalue weighted by atomic mass is 10.1. The molecule has 7 heteroatoms. The summed E-state index contributed by atoms with van der Waals surface area (Å²) in [6, 6.07) is 20.8. The van der Waals surface area contributed by atoms with Gasteiger partial charge in [-0.1, -0.05) is 36.4 Å². The van der Waals surface area contributed by atoms with Gasteiger partial charge in [0.25, 0.3) is 5.91 Å². The van der Waals surface area contributed by atoms with Gasteiger partial charge in [0.1, 0.15) is 0 Å². The van der Waals surface area contributed by atoms with Crippen molar-refractivity contribution in [2.24, 2.45) is 0 Å². The summed E-state index contributed by atoms with van der Waals surface area (Å²) >= 11 is 0. The maximum Gasteiger partial charge on any atom is 0.416 e. The normalized spacial score (nSPS) is 11.3. The van der Waals surface area contributed by atoms with E-state index in [1.54, 1.807) is 48.7 Å². The number of alkyl halides is 3. The highest BCUT2D eigenvalue weighted by Crippen LogP contribution is 2.33. The van der Waals surface area contributed by atoms with Gasteiger partial charge in [-0.2, -0.15) is 13.2 Å². The van der Waals surface area contributed by atoms with Crippen molar-refractivity contribution in [2.75, 3.05) is 10.6 Å². The predicted molar refractivity (Wildman–Crippen MR) is 111 cm³/mol. The number of halogens is 3. The molecule has 30 heavy (non-hydrogen) atoms. The summed E-state index contributed by atoms with van der Waals surface area (Å²) in [5.41, 5.74) is 0.862. The highest BCUT2D eigenvalue weighted by Gasteiger charge is 2.32. The van der Waals surface area contributed by atoms with E-state index >= 15 is 0 Å². The molecular formula is C23H16F3N3O. The van der Waals surface area contributed by atoms with Gasteiger partial charge < -0.3 is 10.6 Å². The molecule has 1 aromatic heterocycles. The standard InChI is InChI=1S/C23H16F3N3O/c24-23(25,26)16-11-12-19(28-17-8-2-1-3-9-17)18(14-16)22(30)29-20-10-4-6-15-7-5-13-27-21(15)20/h1-14,28H,(H,29,30). The van der Waals surface area contributed by atoms with Gasteiger partial charge in [0.15, 0.2) is 0 Å². The zero-order valence-electron chi connectivity index (χ0n) is 15.6. The third-order valence-corrected chi connectivity index (χ3v) is 4.53. The Morgan fingerprint density at radius 1 is 0.833 bits per heavy atom. The van der Waals surface area contributed by atoms with Crippen LogP contribution in [0.5, 0.6) is 0 Å². The Balaban J connectivity index is 1.73. The Bertz CT molecular complexity index is 1200. The smallest absolute Gasteiger partial charge is 0.355 e. The van der Waals surface area contributed by atoms with Crippen molar-refractivity contribution >= 4 is 33.9 Å². The number of fused-ring (bicyclic) bond motifs is 1. The van der Waals surface area contributed by atoms with Crippen LogP contribution in [-0.2, 0) is 6.18 Å². The van der Waals surface area contributed by atoms with Crippen molar-refractivity contribution in [3.05, 3.63) is 96.2 Å². The quantitative estimate of drug-likeness (QED) is 0.420. The second-order valence-corrected chi connectivity index (χ2v) is 6.58. The van der Waals surface area contributed by atoms with E-state index < -0.39 is 17.6 Å². The van der Waals surface area contributed by atoms with Crippen LogP contribution in [0, 0.1) is 0 Å². The second kappa shape index (κ2) is 7.87. The molecule has 0 saturated heterocycles. The molecule has 0 unspecified atom stereocenters. The molecule has 150 valence electrons. The summed E-state index contributed by atoms with van der Waals surface area (Å²) < 4.78 is 39.8. The van der Waals surface area contributed by atoms with E-state index in [0.29, 0.717) is 16.9 Å². The SMILES string of the molecule is O=C(Nc1cccc2cccnc12)c1cc(C(F)(F)F)ccc1Nc1ccccc1. The molecule has 2 N–H and O–H groups in total. The number of carbonyl (C=O) groups is 1. The van der Waals surface area contributed by atoms with Crippen LogP contribution < -0.4 is 10.6 Å². The zero-order valence-corrected chi connectivity index (χ0v) is 15.6. The topological polar surface area (TPSA) is 54.0 Å². The number of anilines is 3. The minimum absolute atomic E-state index is 0.124. The maximum atomic E-state index is 13.3. The lowest BCUT2D eigenvalue weighted by Gasteiger charge is -2.16. The van der Waals surface area contributed by atoms with Crippen LogP contribution in [0.15, 0.2) is 85.1 Å². The Morgan fingerprint density at radius 3 is 2.37 bits per heavy atom. The van der Waals surface area contributed by atoms with E-state index in [0.717, 1.165) is 17.5 Å². The molecule has 1 heterocycles. The van der Waals surface area contributed by atoms with E-state index in [1.165, 1.54) is 6.07 Å². The third kappa shape index (κ3) is 4.10. The molecule has 0 bridgehead atoms. The van der Waals surface area contributed by atoms with Crippen LogP contribution in [-0.4, -0.2) is 10.9 Å². The van der Waals surface area contributed by atoms with E-state index in [2.05, 4.69) is 15.6 Å². The van der Waals surface area contributed by atoms with Crippen molar-refractivity contribution in [3.8, 4) is 0 Å². The van der Waals surface area contributed by atoms with E-state index in [-0.39, 0.29) is 11.3 Å². The molecule has 4 rings (SSSR count). The van der Waals surface area contributed by atoms with Gasteiger partial charge in [-0.05, 0) is 42.5 Å². The number of para-hydroxylation sites is 2. The summed E-state index contributed by atoms with van der Waals surface area (Å²) in [7, 11) is 0. The average Bonchev–Trinajstić information content (AvgIpc) is 2.74. The molecule has 0 aliphatic rings. The van der Waals surface area contributed by atoms with E-state index in [4.69, 9.17) is 0 Å². The van der Waals surface area contributed by atoms with Crippen LogP contribution in [0.3, 0.4) is 0 Å². The van der Waals surface area contributed by atoms with Crippen LogP contribution in [0.25, 0.3) is 10.9 Å². The third-order valence-electron chi connectivity index (χ3n) is 4.53. The minimum Gasteiger partial charge on any atom is -0.355 e. The van der Waals surface area contributed by atoms with Gasteiger partial charge >= 0.3 is 6.18 Å². The molecule has 0 radical (unpaired) electrons. The number of amides is 1. The minimum atomic E-state index is -4.57. The number of rotatable bonds is 4. The molecule has 0 saturated carbocycles. The highest BCUT2D eigenvalue weighted by molar-refractivity contribution is 6.11. The predicted octanol–water partition coefficient (Wildman–Crippen LogP) is 6.25. The lowest BCUT2D eigenvalue weighted by Crippen LogP contribution is -2.16. The molecule has 0 spiro atoms. The van der Waals surface area contributed by atoms with Crippen molar-refractivity contribution in [3.63, 3.8) is 0 Å². The summed E-state index contributed by atoms with van der Waals surface area (Å²) in [6.45, 7) is 0. The summed E-state index contributed by atoms with van der Waals surface area (Å²) in [6.07, 6.45) is -2.98. The first-order chi connectivity index (χ1) is 14.4. The Hall–Kier alpha value is -3.87. The van der Waals surface area contributed by atoms with Crippen molar-refractivity contribution in [1.29, 1.82) is 0 Å². The molecule has 3 aromatic carbocycles. The average molecular weight is 407 g/mol. The molecule has 0 atom stereocenters. The van der Waals surface area contributed by atoms with Gasteiger partial charge in [0.2, 0.25) is 0 Å². The number of carbonyl (C=O) groups excluding carboxylic acids is 1. The van der Waals surface area contributed by atoms with Crippen LogP contribution in [0.2, 0.25) is 0 Å². The summed E-state index contributed by atoms with van der Waals surface area (Å²) in [5.74, 6) is -0.669. The lowest BCUT2D eigenvalue weighted by molar-refractivity contribution is -0.137. The van der Waals surface area contributed by atoms with Crippen molar-refractivity contribution < 1.29 is 18.0 Å². The van der Waals surface area contributed by atoms with Crippen LogP contribution >= 0.6 is 0 Å². The molecular weight excluding hydrogens is 391 g/mol. The monoisotopic (exact) mass is 407 g/mol. The number of benzene rings is 3. The highest BCUT2D eigenvalue weighted by atomic mass is 19.4. The molecule has 4 aromatic rings. The van der Waals surface area contributed by atoms with Gasteiger partial charge in [-0.3, -0.25) is 9.78 Å². The van der Waals surface area contributed by atoms with Crippen LogP contribution in [0.4, 0.5) is 30.2 Å². The number of aromatic nitrogens is 1. The first-order valence-corrected chi connectivity index (χ1v) is 9.10. The number of hydrogen-bond donors (Lipinski definition) is 2. The van der Waals surface area contributed by atoms with Gasteiger partial charge in [0.05, 0.1) is 28.0 Å². The zero-order chi connectivity index (χ0) is 21.1. The first-order valence-electron chi connectivity index (χ1n) is 9.10. The summed E-state index contributed by atoms with van der Waals surface area (Å²) in [4.78, 5) is 17.3. The Kier molecular flexibility index (Phi) is 5.10. The number of hydrogen-bond acceptors (Lipinski definition) is 3. The Morgan fingerprint density at radius 2 is 1.60 bits per heavy atom. The first kappa shape index (κ1) is 19.4. The molecule has 0 aliphatic carbocycles. The fourth-order valence-electron chi connectivity index (χ4n) is 3.09. The van der Waals surface area contributed by atoms with Gasteiger partial charge in [0, 0.05) is 17.3 Å². The van der Waals surface area contributed by atoms with Crippen molar-refractivity contribution in [2.45, 2.75) is 6.18 Å². The fraction of sp³-hybridized carbons (Fsp3) is 0.0435. The summed E-state index contributed by atoms with van der Waals surface area (Å²) in [5, 5.41) is 6.52. The molecule has 0 fully saturated rings. The maximum absolute atomic E-state index is 13.3. The number of nitrogens with one attached hydrogen (secondary N) is 2. The molecule has 1 amide bonds. The molecule has 0 aliphatic heterocycles. The van der Waals surface area contributed by atoms with E-state index in [1.807, 2.05) is 18.2 Å². The van der Waals surface area contributed by atoms with Gasteiger partial charge in [-0.25, -0.2) is 0 Å². The van der Waals surface area contributed by atoms with E-state index in [9.17, 15) is 18.0 Å². The number of nitrogens with zero attached hydrogens (tertiary/aromatic N) is 1. The largest absolute Gasteiger partial charge is 0.416 e. The Labute approximate surface area is 170 Å².